The molecule has 0 atom stereocenters. The average molecular weight is 626 g/mol. The molecule has 1 heterocycles. The Morgan fingerprint density at radius 3 is 1.33 bits per heavy atom. The zero-order valence-electron chi connectivity index (χ0n) is 26.8. The smallest absolute Gasteiger partial charge is 0.164 e. The van der Waals surface area contributed by atoms with Crippen LogP contribution in [0.5, 0.6) is 0 Å². The van der Waals surface area contributed by atoms with Gasteiger partial charge in [-0.1, -0.05) is 170 Å². The van der Waals surface area contributed by atoms with Crippen molar-refractivity contribution in [1.29, 1.82) is 0 Å². The lowest BCUT2D eigenvalue weighted by molar-refractivity contribution is 1.07. The first-order chi connectivity index (χ1) is 24.3. The first-order valence-electron chi connectivity index (χ1n) is 16.7. The lowest BCUT2D eigenvalue weighted by Gasteiger charge is -2.12. The molecule has 0 radical (unpaired) electrons. The van der Waals surface area contributed by atoms with Gasteiger partial charge in [0.2, 0.25) is 0 Å². The first kappa shape index (κ1) is 28.7. The predicted molar refractivity (Wildman–Crippen MR) is 201 cm³/mol. The van der Waals surface area contributed by atoms with Gasteiger partial charge in [0.1, 0.15) is 0 Å². The minimum Gasteiger partial charge on any atom is -0.208 e. The third-order valence-electron chi connectivity index (χ3n) is 9.43. The fourth-order valence-electron chi connectivity index (χ4n) is 7.00. The van der Waals surface area contributed by atoms with Crippen molar-refractivity contribution in [2.24, 2.45) is 0 Å². The van der Waals surface area contributed by atoms with Gasteiger partial charge in [-0.05, 0) is 61.7 Å². The molecule has 49 heavy (non-hydrogen) atoms. The number of hydrogen-bond acceptors (Lipinski definition) is 3. The normalized spacial score (nSPS) is 11.6. The van der Waals surface area contributed by atoms with Crippen molar-refractivity contribution < 1.29 is 0 Å². The second-order valence-corrected chi connectivity index (χ2v) is 12.4. The summed E-state index contributed by atoms with van der Waals surface area (Å²) in [6.45, 7) is 0. The van der Waals surface area contributed by atoms with E-state index in [0.717, 1.165) is 34.2 Å². The topological polar surface area (TPSA) is 38.7 Å². The third-order valence-corrected chi connectivity index (χ3v) is 9.43. The zero-order chi connectivity index (χ0) is 32.6. The quantitative estimate of drug-likeness (QED) is 0.185. The summed E-state index contributed by atoms with van der Waals surface area (Å²) >= 11 is 0. The average Bonchev–Trinajstić information content (AvgIpc) is 3.58. The van der Waals surface area contributed by atoms with Crippen LogP contribution >= 0.6 is 0 Å². The van der Waals surface area contributed by atoms with E-state index in [9.17, 15) is 0 Å². The second-order valence-electron chi connectivity index (χ2n) is 12.4. The van der Waals surface area contributed by atoms with Crippen LogP contribution in [0.1, 0.15) is 11.1 Å². The zero-order valence-corrected chi connectivity index (χ0v) is 26.8. The Morgan fingerprint density at radius 2 is 0.673 bits per heavy atom. The van der Waals surface area contributed by atoms with Crippen molar-refractivity contribution in [3.63, 3.8) is 0 Å². The van der Waals surface area contributed by atoms with Gasteiger partial charge in [0.25, 0.3) is 0 Å². The van der Waals surface area contributed by atoms with E-state index in [0.29, 0.717) is 17.5 Å². The van der Waals surface area contributed by atoms with Crippen LogP contribution in [0, 0.1) is 0 Å². The summed E-state index contributed by atoms with van der Waals surface area (Å²) < 4.78 is 0. The maximum Gasteiger partial charge on any atom is 0.164 e. The van der Waals surface area contributed by atoms with Crippen LogP contribution in [0.25, 0.3) is 78.7 Å². The van der Waals surface area contributed by atoms with E-state index in [1.165, 1.54) is 44.5 Å². The highest BCUT2D eigenvalue weighted by Crippen LogP contribution is 2.45. The molecule has 0 spiro atoms. The number of hydrogen-bond donors (Lipinski definition) is 0. The molecule has 3 heteroatoms. The van der Waals surface area contributed by atoms with Crippen LogP contribution in [-0.4, -0.2) is 15.0 Å². The van der Waals surface area contributed by atoms with Gasteiger partial charge in [-0.3, -0.25) is 0 Å². The van der Waals surface area contributed by atoms with Crippen LogP contribution in [0.3, 0.4) is 0 Å². The Labute approximate surface area is 286 Å². The summed E-state index contributed by atoms with van der Waals surface area (Å²) in [5.74, 6) is 2.01. The van der Waals surface area contributed by atoms with Crippen LogP contribution in [0.15, 0.2) is 176 Å². The standard InChI is InChI=1S/C46H31N3/c1-4-13-31(14-5-1)33-25-27-34(28-26-33)38-21-11-22-39-40-23-12-24-41(43(40)30-42(38)39)46-48-44(35-17-8-3-9-18-35)47-45(49-46)37-20-10-19-36(29-37)32-15-6-2-7-16-32/h1-29H,30H2. The second kappa shape index (κ2) is 12.3. The summed E-state index contributed by atoms with van der Waals surface area (Å²) in [6, 6.07) is 61.8. The number of fused-ring (bicyclic) bond motifs is 3. The Kier molecular flexibility index (Phi) is 7.21. The molecule has 9 rings (SSSR count). The van der Waals surface area contributed by atoms with Gasteiger partial charge in [0.05, 0.1) is 0 Å². The SMILES string of the molecule is c1ccc(-c2ccc(-c3cccc4c3Cc3c(-c5nc(-c6ccccc6)nc(-c6cccc(-c7ccccc7)c6)n5)cccc3-4)cc2)cc1. The van der Waals surface area contributed by atoms with E-state index < -0.39 is 0 Å². The third kappa shape index (κ3) is 5.42. The minimum absolute atomic E-state index is 0.661. The van der Waals surface area contributed by atoms with E-state index in [1.807, 2.05) is 24.3 Å². The van der Waals surface area contributed by atoms with Gasteiger partial charge >= 0.3 is 0 Å². The number of benzene rings is 7. The molecule has 0 saturated carbocycles. The summed E-state index contributed by atoms with van der Waals surface area (Å²) in [5.41, 5.74) is 15.3. The van der Waals surface area contributed by atoms with Crippen molar-refractivity contribution in [2.75, 3.05) is 0 Å². The highest BCUT2D eigenvalue weighted by Gasteiger charge is 2.26. The van der Waals surface area contributed by atoms with E-state index in [2.05, 4.69) is 152 Å². The molecule has 0 bridgehead atoms. The Bertz CT molecular complexity index is 2440. The van der Waals surface area contributed by atoms with Crippen LogP contribution < -0.4 is 0 Å². The molecule has 0 saturated heterocycles. The van der Waals surface area contributed by atoms with Gasteiger partial charge in [-0.25, -0.2) is 15.0 Å². The Morgan fingerprint density at radius 1 is 0.265 bits per heavy atom. The van der Waals surface area contributed by atoms with E-state index in [1.54, 1.807) is 0 Å². The molecule has 0 N–H and O–H groups in total. The number of aromatic nitrogens is 3. The largest absolute Gasteiger partial charge is 0.208 e. The van der Waals surface area contributed by atoms with E-state index in [4.69, 9.17) is 15.0 Å². The molecular formula is C46H31N3. The molecule has 1 aliphatic rings. The Balaban J connectivity index is 1.14. The summed E-state index contributed by atoms with van der Waals surface area (Å²) in [6.07, 6.45) is 0.808. The molecule has 0 aliphatic heterocycles. The van der Waals surface area contributed by atoms with Crippen LogP contribution in [0.4, 0.5) is 0 Å². The van der Waals surface area contributed by atoms with Crippen molar-refractivity contribution in [1.82, 2.24) is 15.0 Å². The maximum atomic E-state index is 5.17. The minimum atomic E-state index is 0.661. The number of rotatable bonds is 6. The highest BCUT2D eigenvalue weighted by atomic mass is 15.0. The van der Waals surface area contributed by atoms with E-state index >= 15 is 0 Å². The highest BCUT2D eigenvalue weighted by molar-refractivity contribution is 5.89. The summed E-state index contributed by atoms with van der Waals surface area (Å²) in [5, 5.41) is 0. The summed E-state index contributed by atoms with van der Waals surface area (Å²) in [4.78, 5) is 15.3. The molecule has 0 fully saturated rings. The van der Waals surface area contributed by atoms with Gasteiger partial charge in [-0.15, -0.1) is 0 Å². The fraction of sp³-hybridized carbons (Fsp3) is 0.0217. The van der Waals surface area contributed by atoms with E-state index in [-0.39, 0.29) is 0 Å². The number of nitrogens with zero attached hydrogens (tertiary/aromatic N) is 3. The predicted octanol–water partition coefficient (Wildman–Crippen LogP) is 11.4. The van der Waals surface area contributed by atoms with Crippen LogP contribution in [0.2, 0.25) is 0 Å². The van der Waals surface area contributed by atoms with Gasteiger partial charge in [0, 0.05) is 23.1 Å². The molecular weight excluding hydrogens is 595 g/mol. The monoisotopic (exact) mass is 625 g/mol. The lowest BCUT2D eigenvalue weighted by atomic mass is 9.94. The molecule has 0 unspecified atom stereocenters. The molecule has 1 aromatic heterocycles. The lowest BCUT2D eigenvalue weighted by Crippen LogP contribution is -2.02. The van der Waals surface area contributed by atoms with Crippen molar-refractivity contribution >= 4 is 0 Å². The van der Waals surface area contributed by atoms with Crippen LogP contribution in [-0.2, 0) is 6.42 Å². The summed E-state index contributed by atoms with van der Waals surface area (Å²) in [7, 11) is 0. The first-order valence-corrected chi connectivity index (χ1v) is 16.7. The Hall–Kier alpha value is -6.45. The fourth-order valence-corrected chi connectivity index (χ4v) is 7.00. The molecule has 0 amide bonds. The van der Waals surface area contributed by atoms with Gasteiger partial charge < -0.3 is 0 Å². The van der Waals surface area contributed by atoms with Crippen molar-refractivity contribution in [3.8, 4) is 78.7 Å². The van der Waals surface area contributed by atoms with Crippen molar-refractivity contribution in [3.05, 3.63) is 187 Å². The molecule has 7 aromatic carbocycles. The van der Waals surface area contributed by atoms with Crippen molar-refractivity contribution in [2.45, 2.75) is 6.42 Å². The maximum absolute atomic E-state index is 5.17. The molecule has 230 valence electrons. The van der Waals surface area contributed by atoms with Gasteiger partial charge in [-0.2, -0.15) is 0 Å². The molecule has 8 aromatic rings. The molecule has 1 aliphatic carbocycles. The molecule has 3 nitrogen and oxygen atoms in total. The van der Waals surface area contributed by atoms with Gasteiger partial charge in [0.15, 0.2) is 17.5 Å².